The summed E-state index contributed by atoms with van der Waals surface area (Å²) in [4.78, 5) is 10.7. The molecule has 10 rings (SSSR count). The zero-order valence-electron chi connectivity index (χ0n) is 21.6. The molecule has 4 heterocycles. The van der Waals surface area contributed by atoms with Crippen LogP contribution in [-0.4, -0.2) is 14.5 Å². The Morgan fingerprint density at radius 2 is 1.12 bits per heavy atom. The molecule has 0 aliphatic carbocycles. The van der Waals surface area contributed by atoms with Crippen LogP contribution < -0.4 is 0 Å². The van der Waals surface area contributed by atoms with Crippen LogP contribution >= 0.6 is 22.7 Å². The Bertz CT molecular complexity index is 2540. The minimum atomic E-state index is 0.710. The topological polar surface area (TPSA) is 30.7 Å². The average molecular weight is 558 g/mol. The van der Waals surface area contributed by atoms with Gasteiger partial charge < -0.3 is 0 Å². The monoisotopic (exact) mass is 557 g/mol. The molecule has 0 atom stereocenters. The molecule has 0 spiro atoms. The quantitative estimate of drug-likeness (QED) is 0.212. The van der Waals surface area contributed by atoms with Gasteiger partial charge in [-0.05, 0) is 41.1 Å². The van der Waals surface area contributed by atoms with E-state index in [1.165, 1.54) is 51.8 Å². The van der Waals surface area contributed by atoms with Gasteiger partial charge in [-0.3, -0.25) is 4.57 Å². The molecule has 0 unspecified atom stereocenters. The summed E-state index contributed by atoms with van der Waals surface area (Å²) < 4.78 is 7.24. The van der Waals surface area contributed by atoms with Gasteiger partial charge in [0.25, 0.3) is 0 Å². The summed E-state index contributed by atoms with van der Waals surface area (Å²) in [5, 5.41) is 8.90. The van der Waals surface area contributed by atoms with Gasteiger partial charge in [0, 0.05) is 46.6 Å². The first-order valence-electron chi connectivity index (χ1n) is 13.7. The molecule has 3 nitrogen and oxygen atoms in total. The van der Waals surface area contributed by atoms with Crippen LogP contribution in [-0.2, 0) is 0 Å². The summed E-state index contributed by atoms with van der Waals surface area (Å²) in [5.41, 5.74) is 5.37. The smallest absolute Gasteiger partial charge is 0.235 e. The molecule has 0 bridgehead atoms. The fourth-order valence-corrected chi connectivity index (χ4v) is 8.98. The lowest BCUT2D eigenvalue weighted by Crippen LogP contribution is -2.02. The Labute approximate surface area is 241 Å². The van der Waals surface area contributed by atoms with Gasteiger partial charge in [0.1, 0.15) is 0 Å². The Balaban J connectivity index is 1.45. The predicted octanol–water partition coefficient (Wildman–Crippen LogP) is 10.6. The second-order valence-corrected chi connectivity index (χ2v) is 12.7. The van der Waals surface area contributed by atoms with Crippen LogP contribution in [0.1, 0.15) is 0 Å². The summed E-state index contributed by atoms with van der Waals surface area (Å²) in [6, 6.07) is 41.4. The standard InChI is InChI=1S/C36H19N3S2/c1-2-8-22(9-3-1)33-35-34(23-12-4-5-13-26(23)41-35)38-36(37-33)39-24-18-16-20-10-6-14-27-29(20)31(24)32-25(39)19-17-21-11-7-15-28(40-27)30(21)32/h1-19H. The largest absolute Gasteiger partial charge is 0.278 e. The van der Waals surface area contributed by atoms with Crippen molar-refractivity contribution in [3.05, 3.63) is 115 Å². The molecular weight excluding hydrogens is 539 g/mol. The highest BCUT2D eigenvalue weighted by atomic mass is 32.1. The Morgan fingerprint density at radius 3 is 1.83 bits per heavy atom. The van der Waals surface area contributed by atoms with E-state index >= 15 is 0 Å². The fraction of sp³-hybridized carbons (Fsp3) is 0. The van der Waals surface area contributed by atoms with E-state index in [2.05, 4.69) is 120 Å². The number of rotatable bonds is 2. The molecular formula is C36H19N3S2. The normalized spacial score (nSPS) is 12.4. The molecule has 0 amide bonds. The van der Waals surface area contributed by atoms with Crippen molar-refractivity contribution in [3.8, 4) is 17.2 Å². The van der Waals surface area contributed by atoms with Crippen LogP contribution in [0.2, 0.25) is 0 Å². The Kier molecular flexibility index (Phi) is 4.21. The second kappa shape index (κ2) is 7.88. The lowest BCUT2D eigenvalue weighted by atomic mass is 10.00. The van der Waals surface area contributed by atoms with Crippen LogP contribution in [0.15, 0.2) is 115 Å². The van der Waals surface area contributed by atoms with Gasteiger partial charge in [0.15, 0.2) is 0 Å². The lowest BCUT2D eigenvalue weighted by Gasteiger charge is -2.11. The van der Waals surface area contributed by atoms with Crippen molar-refractivity contribution in [2.24, 2.45) is 0 Å². The van der Waals surface area contributed by atoms with E-state index in [1.54, 1.807) is 11.3 Å². The maximum absolute atomic E-state index is 5.36. The van der Waals surface area contributed by atoms with E-state index < -0.39 is 0 Å². The summed E-state index contributed by atoms with van der Waals surface area (Å²) >= 11 is 3.65. The van der Waals surface area contributed by atoms with Gasteiger partial charge in [-0.1, -0.05) is 84.9 Å². The van der Waals surface area contributed by atoms with Crippen molar-refractivity contribution in [1.82, 2.24) is 14.5 Å². The molecule has 0 aliphatic heterocycles. The molecule has 0 saturated carbocycles. The number of thiophene rings is 1. The van der Waals surface area contributed by atoms with Crippen molar-refractivity contribution in [1.29, 1.82) is 0 Å². The Morgan fingerprint density at radius 1 is 0.488 bits per heavy atom. The average Bonchev–Trinajstić information content (AvgIpc) is 3.52. The van der Waals surface area contributed by atoms with Crippen molar-refractivity contribution >= 4 is 95.7 Å². The van der Waals surface area contributed by atoms with E-state index in [-0.39, 0.29) is 0 Å². The van der Waals surface area contributed by atoms with Crippen LogP contribution in [0.25, 0.3) is 90.3 Å². The molecule has 0 radical (unpaired) electrons. The first-order valence-corrected chi connectivity index (χ1v) is 15.3. The van der Waals surface area contributed by atoms with Gasteiger partial charge in [-0.15, -0.1) is 22.7 Å². The van der Waals surface area contributed by atoms with E-state index in [1.807, 2.05) is 11.3 Å². The zero-order valence-corrected chi connectivity index (χ0v) is 23.3. The van der Waals surface area contributed by atoms with Crippen LogP contribution in [0, 0.1) is 0 Å². The number of hydrogen-bond acceptors (Lipinski definition) is 4. The minimum Gasteiger partial charge on any atom is -0.278 e. The molecule has 41 heavy (non-hydrogen) atoms. The van der Waals surface area contributed by atoms with Crippen LogP contribution in [0.5, 0.6) is 0 Å². The summed E-state index contributed by atoms with van der Waals surface area (Å²) in [5.74, 6) is 0.710. The highest BCUT2D eigenvalue weighted by molar-refractivity contribution is 7.26. The third-order valence-electron chi connectivity index (χ3n) is 8.38. The lowest BCUT2D eigenvalue weighted by molar-refractivity contribution is 1.02. The SMILES string of the molecule is c1ccc(-c2nc(-n3c4ccc5cccc6sc7cccc8ccc3c(c87)c4c56)nc3c2sc2ccccc23)cc1. The van der Waals surface area contributed by atoms with Crippen LogP contribution in [0.4, 0.5) is 0 Å². The highest BCUT2D eigenvalue weighted by Crippen LogP contribution is 2.46. The number of aromatic nitrogens is 3. The molecule has 10 aromatic rings. The highest BCUT2D eigenvalue weighted by Gasteiger charge is 2.23. The van der Waals surface area contributed by atoms with Crippen molar-refractivity contribution < 1.29 is 0 Å². The number of nitrogens with zero attached hydrogens (tertiary/aromatic N) is 3. The number of fused-ring (bicyclic) bond motifs is 3. The molecule has 0 N–H and O–H groups in total. The van der Waals surface area contributed by atoms with Gasteiger partial charge in [0.05, 0.1) is 26.9 Å². The maximum atomic E-state index is 5.36. The molecule has 5 heteroatoms. The summed E-state index contributed by atoms with van der Waals surface area (Å²) in [6.07, 6.45) is 0. The number of benzene rings is 6. The molecule has 190 valence electrons. The number of hydrogen-bond donors (Lipinski definition) is 0. The third-order valence-corrected chi connectivity index (χ3v) is 10.7. The van der Waals surface area contributed by atoms with Crippen molar-refractivity contribution in [2.45, 2.75) is 0 Å². The van der Waals surface area contributed by atoms with E-state index in [4.69, 9.17) is 9.97 Å². The molecule has 0 aliphatic rings. The fourth-order valence-electron chi connectivity index (χ4n) is 6.65. The van der Waals surface area contributed by atoms with E-state index in [0.717, 1.165) is 32.5 Å². The molecule has 6 aromatic carbocycles. The minimum absolute atomic E-state index is 0.710. The van der Waals surface area contributed by atoms with Crippen molar-refractivity contribution in [3.63, 3.8) is 0 Å². The summed E-state index contributed by atoms with van der Waals surface area (Å²) in [6.45, 7) is 0. The van der Waals surface area contributed by atoms with Gasteiger partial charge in [-0.25, -0.2) is 9.97 Å². The Hall–Kier alpha value is -4.84. The molecule has 4 aromatic heterocycles. The maximum Gasteiger partial charge on any atom is 0.235 e. The van der Waals surface area contributed by atoms with Gasteiger partial charge in [0.2, 0.25) is 5.95 Å². The third kappa shape index (κ3) is 2.87. The first kappa shape index (κ1) is 21.9. The van der Waals surface area contributed by atoms with E-state index in [9.17, 15) is 0 Å². The molecule has 0 saturated heterocycles. The predicted molar refractivity (Wildman–Crippen MR) is 176 cm³/mol. The summed E-state index contributed by atoms with van der Waals surface area (Å²) in [7, 11) is 0. The first-order chi connectivity index (χ1) is 20.3. The van der Waals surface area contributed by atoms with Gasteiger partial charge >= 0.3 is 0 Å². The zero-order chi connectivity index (χ0) is 26.7. The van der Waals surface area contributed by atoms with Crippen molar-refractivity contribution in [2.75, 3.05) is 0 Å². The molecule has 0 fully saturated rings. The van der Waals surface area contributed by atoms with Crippen LogP contribution in [0.3, 0.4) is 0 Å². The van der Waals surface area contributed by atoms with Gasteiger partial charge in [-0.2, -0.15) is 0 Å². The van der Waals surface area contributed by atoms with E-state index in [0.29, 0.717) is 5.95 Å². The second-order valence-electron chi connectivity index (χ2n) is 10.6.